The van der Waals surface area contributed by atoms with E-state index in [9.17, 15) is 0 Å². The summed E-state index contributed by atoms with van der Waals surface area (Å²) in [7, 11) is 0. The van der Waals surface area contributed by atoms with Crippen LogP contribution in [0.4, 0.5) is 0 Å². The zero-order chi connectivity index (χ0) is 11.4. The molecule has 2 N–H and O–H groups in total. The van der Waals surface area contributed by atoms with Crippen molar-refractivity contribution in [1.29, 1.82) is 0 Å². The van der Waals surface area contributed by atoms with Crippen molar-refractivity contribution in [3.8, 4) is 11.1 Å². The second kappa shape index (κ2) is 5.28. The van der Waals surface area contributed by atoms with E-state index in [2.05, 4.69) is 41.9 Å². The fourth-order valence-electron chi connectivity index (χ4n) is 1.87. The van der Waals surface area contributed by atoms with Crippen LogP contribution in [0.3, 0.4) is 0 Å². The lowest BCUT2D eigenvalue weighted by atomic mass is 10.0. The summed E-state index contributed by atoms with van der Waals surface area (Å²) in [5.74, 6) is 0. The van der Waals surface area contributed by atoms with Gasteiger partial charge in [0.05, 0.1) is 0 Å². The van der Waals surface area contributed by atoms with Crippen molar-refractivity contribution >= 4 is 11.3 Å². The Labute approximate surface area is 101 Å². The van der Waals surface area contributed by atoms with Gasteiger partial charge in [0.15, 0.2) is 0 Å². The van der Waals surface area contributed by atoms with Crippen molar-refractivity contribution in [2.75, 3.05) is 0 Å². The third kappa shape index (κ3) is 2.34. The van der Waals surface area contributed by atoms with Crippen LogP contribution in [0.15, 0.2) is 35.0 Å². The number of aryl methyl sites for hydroxylation is 1. The first-order valence-electron chi connectivity index (χ1n) is 5.69. The predicted octanol–water partition coefficient (Wildman–Crippen LogP) is 3.83. The van der Waals surface area contributed by atoms with Crippen LogP contribution in [0.1, 0.15) is 24.5 Å². The van der Waals surface area contributed by atoms with E-state index in [0.29, 0.717) is 6.54 Å². The molecule has 1 heterocycles. The molecule has 0 aliphatic heterocycles. The van der Waals surface area contributed by atoms with Gasteiger partial charge in [0.1, 0.15) is 0 Å². The van der Waals surface area contributed by atoms with Crippen LogP contribution < -0.4 is 5.73 Å². The van der Waals surface area contributed by atoms with Crippen LogP contribution >= 0.6 is 11.3 Å². The molecule has 2 rings (SSSR count). The summed E-state index contributed by atoms with van der Waals surface area (Å²) in [6, 6.07) is 8.84. The van der Waals surface area contributed by atoms with Crippen LogP contribution in [-0.4, -0.2) is 0 Å². The molecule has 0 radical (unpaired) electrons. The topological polar surface area (TPSA) is 26.0 Å². The molecule has 1 aromatic carbocycles. The maximum atomic E-state index is 5.72. The molecule has 0 unspecified atom stereocenters. The Balaban J connectivity index is 2.27. The summed E-state index contributed by atoms with van der Waals surface area (Å²) < 4.78 is 0. The molecule has 0 amide bonds. The number of rotatable bonds is 4. The highest BCUT2D eigenvalue weighted by Gasteiger charge is 2.04. The maximum absolute atomic E-state index is 5.72. The Morgan fingerprint density at radius 2 is 1.88 bits per heavy atom. The van der Waals surface area contributed by atoms with Gasteiger partial charge in [-0.1, -0.05) is 37.6 Å². The minimum atomic E-state index is 0.621. The molecular weight excluding hydrogens is 214 g/mol. The van der Waals surface area contributed by atoms with Gasteiger partial charge in [0.25, 0.3) is 0 Å². The molecule has 2 aromatic rings. The van der Waals surface area contributed by atoms with Gasteiger partial charge < -0.3 is 5.73 Å². The van der Waals surface area contributed by atoms with Gasteiger partial charge in [-0.05, 0) is 39.4 Å². The Hall–Kier alpha value is -1.12. The average molecular weight is 231 g/mol. The van der Waals surface area contributed by atoms with Gasteiger partial charge in [-0.15, -0.1) is 0 Å². The van der Waals surface area contributed by atoms with Gasteiger partial charge >= 0.3 is 0 Å². The molecule has 16 heavy (non-hydrogen) atoms. The highest BCUT2D eigenvalue weighted by Crippen LogP contribution is 2.27. The molecule has 1 nitrogen and oxygen atoms in total. The first-order chi connectivity index (χ1) is 7.85. The van der Waals surface area contributed by atoms with E-state index < -0.39 is 0 Å². The minimum Gasteiger partial charge on any atom is -0.326 e. The minimum absolute atomic E-state index is 0.621. The van der Waals surface area contributed by atoms with Crippen molar-refractivity contribution in [3.05, 3.63) is 46.2 Å². The van der Waals surface area contributed by atoms with Gasteiger partial charge in [-0.25, -0.2) is 0 Å². The van der Waals surface area contributed by atoms with E-state index in [4.69, 9.17) is 5.73 Å². The Kier molecular flexibility index (Phi) is 3.75. The number of hydrogen-bond donors (Lipinski definition) is 1. The molecule has 2 heteroatoms. The lowest BCUT2D eigenvalue weighted by Crippen LogP contribution is -1.95. The Morgan fingerprint density at radius 1 is 1.12 bits per heavy atom. The van der Waals surface area contributed by atoms with E-state index in [1.165, 1.54) is 28.7 Å². The smallest absolute Gasteiger partial charge is 0.0192 e. The summed E-state index contributed by atoms with van der Waals surface area (Å²) in [5.41, 5.74) is 10.9. The van der Waals surface area contributed by atoms with E-state index >= 15 is 0 Å². The van der Waals surface area contributed by atoms with Gasteiger partial charge in [0.2, 0.25) is 0 Å². The summed E-state index contributed by atoms with van der Waals surface area (Å²) in [4.78, 5) is 0. The maximum Gasteiger partial charge on any atom is 0.0192 e. The van der Waals surface area contributed by atoms with Gasteiger partial charge in [-0.3, -0.25) is 0 Å². The monoisotopic (exact) mass is 231 g/mol. The average Bonchev–Trinajstić information content (AvgIpc) is 2.78. The van der Waals surface area contributed by atoms with Crippen molar-refractivity contribution < 1.29 is 0 Å². The third-order valence-corrected chi connectivity index (χ3v) is 3.56. The molecule has 0 saturated heterocycles. The molecule has 0 aliphatic rings. The molecule has 0 fully saturated rings. The lowest BCUT2D eigenvalue weighted by molar-refractivity contribution is 0.922. The molecular formula is C14H17NS. The molecule has 84 valence electrons. The normalized spacial score (nSPS) is 10.6. The summed E-state index contributed by atoms with van der Waals surface area (Å²) in [5, 5.41) is 4.31. The quantitative estimate of drug-likeness (QED) is 0.850. The Bertz CT molecular complexity index is 442. The Morgan fingerprint density at radius 3 is 2.50 bits per heavy atom. The number of hydrogen-bond acceptors (Lipinski definition) is 2. The van der Waals surface area contributed by atoms with E-state index in [-0.39, 0.29) is 0 Å². The number of thiophene rings is 1. The fraction of sp³-hybridized carbons (Fsp3) is 0.286. The zero-order valence-corrected chi connectivity index (χ0v) is 10.4. The molecule has 0 atom stereocenters. The number of nitrogens with two attached hydrogens (primary N) is 1. The largest absolute Gasteiger partial charge is 0.326 e. The first-order valence-corrected chi connectivity index (χ1v) is 6.64. The molecule has 0 spiro atoms. The summed E-state index contributed by atoms with van der Waals surface area (Å²) in [6.07, 6.45) is 2.36. The van der Waals surface area contributed by atoms with Gasteiger partial charge in [-0.2, -0.15) is 11.3 Å². The zero-order valence-electron chi connectivity index (χ0n) is 9.57. The predicted molar refractivity (Wildman–Crippen MR) is 71.6 cm³/mol. The van der Waals surface area contributed by atoms with E-state index in [1.54, 1.807) is 11.3 Å². The number of benzene rings is 1. The molecule has 0 bridgehead atoms. The van der Waals surface area contributed by atoms with Crippen LogP contribution in [-0.2, 0) is 13.0 Å². The van der Waals surface area contributed by atoms with Crippen molar-refractivity contribution in [2.24, 2.45) is 5.73 Å². The fourth-order valence-corrected chi connectivity index (χ4v) is 2.75. The van der Waals surface area contributed by atoms with Crippen LogP contribution in [0.5, 0.6) is 0 Å². The molecule has 1 aromatic heterocycles. The third-order valence-electron chi connectivity index (χ3n) is 2.77. The second-order valence-corrected chi connectivity index (χ2v) is 4.71. The standard InChI is InChI=1S/C14H17NS/c1-2-3-11-4-6-12(7-5-11)14-10-16-9-13(14)8-15/h4-7,9-10H,2-3,8,15H2,1H3. The van der Waals surface area contributed by atoms with Crippen molar-refractivity contribution in [3.63, 3.8) is 0 Å². The second-order valence-electron chi connectivity index (χ2n) is 3.96. The first kappa shape index (κ1) is 11.4. The van der Waals surface area contributed by atoms with Crippen LogP contribution in [0, 0.1) is 0 Å². The van der Waals surface area contributed by atoms with Crippen LogP contribution in [0.2, 0.25) is 0 Å². The summed E-state index contributed by atoms with van der Waals surface area (Å²) in [6.45, 7) is 2.83. The molecule has 0 aliphatic carbocycles. The van der Waals surface area contributed by atoms with Crippen molar-refractivity contribution in [1.82, 2.24) is 0 Å². The van der Waals surface area contributed by atoms with E-state index in [1.807, 2.05) is 0 Å². The van der Waals surface area contributed by atoms with Gasteiger partial charge in [0, 0.05) is 6.54 Å². The highest BCUT2D eigenvalue weighted by atomic mass is 32.1. The molecule has 0 saturated carbocycles. The lowest BCUT2D eigenvalue weighted by Gasteiger charge is -2.04. The van der Waals surface area contributed by atoms with Crippen molar-refractivity contribution in [2.45, 2.75) is 26.3 Å². The summed E-state index contributed by atoms with van der Waals surface area (Å²) >= 11 is 1.72. The van der Waals surface area contributed by atoms with Crippen LogP contribution in [0.25, 0.3) is 11.1 Å². The highest BCUT2D eigenvalue weighted by molar-refractivity contribution is 7.08. The SMILES string of the molecule is CCCc1ccc(-c2cscc2CN)cc1. The van der Waals surface area contributed by atoms with E-state index in [0.717, 1.165) is 6.42 Å².